The number of amides is 2. The Morgan fingerprint density at radius 3 is 2.62 bits per heavy atom. The predicted molar refractivity (Wildman–Crippen MR) is 92.5 cm³/mol. The van der Waals surface area contributed by atoms with Gasteiger partial charge in [0.25, 0.3) is 0 Å². The van der Waals surface area contributed by atoms with Crippen LogP contribution in [0.3, 0.4) is 0 Å². The van der Waals surface area contributed by atoms with Crippen molar-refractivity contribution < 1.29 is 9.59 Å². The first-order valence-electron chi connectivity index (χ1n) is 8.18. The van der Waals surface area contributed by atoms with Crippen molar-refractivity contribution in [2.75, 3.05) is 18.5 Å². The normalized spacial score (nSPS) is 17.1. The van der Waals surface area contributed by atoms with Crippen LogP contribution in [0.5, 0.6) is 0 Å². The molecular weight excluding hydrogens is 302 g/mol. The second-order valence-electron chi connectivity index (χ2n) is 6.02. The van der Waals surface area contributed by atoms with Crippen LogP contribution >= 0.6 is 0 Å². The molecule has 1 unspecified atom stereocenters. The summed E-state index contributed by atoms with van der Waals surface area (Å²) in [6.07, 6.45) is 5.28. The number of hydrogen-bond acceptors (Lipinski definition) is 3. The molecule has 5 heteroatoms. The fourth-order valence-electron chi connectivity index (χ4n) is 3.04. The Hall–Kier alpha value is -2.69. The van der Waals surface area contributed by atoms with Crippen molar-refractivity contribution >= 4 is 17.5 Å². The second kappa shape index (κ2) is 7.25. The number of nitrogens with zero attached hydrogens (tertiary/aromatic N) is 3. The number of carbonyl (C=O) groups is 2. The van der Waals surface area contributed by atoms with Crippen LogP contribution in [0, 0.1) is 0 Å². The lowest BCUT2D eigenvalue weighted by Crippen LogP contribution is -2.46. The van der Waals surface area contributed by atoms with E-state index >= 15 is 0 Å². The fourth-order valence-corrected chi connectivity index (χ4v) is 3.04. The van der Waals surface area contributed by atoms with Crippen molar-refractivity contribution in [3.63, 3.8) is 0 Å². The van der Waals surface area contributed by atoms with Gasteiger partial charge in [-0.25, -0.2) is 0 Å². The molecule has 1 aliphatic rings. The highest BCUT2D eigenvalue weighted by Crippen LogP contribution is 2.27. The molecular formula is C19H21N3O2. The summed E-state index contributed by atoms with van der Waals surface area (Å²) in [5.41, 5.74) is 1.94. The number of rotatable bonds is 5. The molecule has 0 radical (unpaired) electrons. The summed E-state index contributed by atoms with van der Waals surface area (Å²) in [5.74, 6) is 0.0147. The third kappa shape index (κ3) is 3.45. The second-order valence-corrected chi connectivity index (χ2v) is 6.02. The molecule has 24 heavy (non-hydrogen) atoms. The quantitative estimate of drug-likeness (QED) is 0.848. The Morgan fingerprint density at radius 2 is 1.92 bits per heavy atom. The molecule has 2 aromatic rings. The van der Waals surface area contributed by atoms with Gasteiger partial charge in [0.2, 0.25) is 11.8 Å². The third-order valence-electron chi connectivity index (χ3n) is 4.39. The van der Waals surface area contributed by atoms with Crippen LogP contribution < -0.4 is 4.90 Å². The summed E-state index contributed by atoms with van der Waals surface area (Å²) < 4.78 is 0. The minimum atomic E-state index is -0.401. The van der Waals surface area contributed by atoms with E-state index in [2.05, 4.69) is 4.98 Å². The number of aromatic nitrogens is 1. The first-order valence-corrected chi connectivity index (χ1v) is 8.18. The van der Waals surface area contributed by atoms with E-state index in [1.807, 2.05) is 42.5 Å². The maximum atomic E-state index is 12.8. The first-order chi connectivity index (χ1) is 11.7. The molecule has 0 aliphatic carbocycles. The average Bonchev–Trinajstić information content (AvgIpc) is 3.02. The Balaban J connectivity index is 1.68. The van der Waals surface area contributed by atoms with E-state index in [-0.39, 0.29) is 11.8 Å². The highest BCUT2D eigenvalue weighted by molar-refractivity contribution is 6.03. The largest absolute Gasteiger partial charge is 0.344 e. The zero-order chi connectivity index (χ0) is 16.9. The van der Waals surface area contributed by atoms with Crippen LogP contribution in [0.2, 0.25) is 0 Å². The van der Waals surface area contributed by atoms with E-state index < -0.39 is 6.04 Å². The molecule has 3 rings (SSSR count). The molecule has 0 bridgehead atoms. The van der Waals surface area contributed by atoms with E-state index in [9.17, 15) is 9.59 Å². The van der Waals surface area contributed by atoms with Crippen LogP contribution in [-0.2, 0) is 16.0 Å². The van der Waals surface area contributed by atoms with Crippen molar-refractivity contribution in [1.29, 1.82) is 0 Å². The van der Waals surface area contributed by atoms with Crippen LogP contribution in [0.15, 0.2) is 54.9 Å². The molecule has 5 nitrogen and oxygen atoms in total. The number of pyridine rings is 1. The number of carbonyl (C=O) groups excluding carboxylic acids is 2. The van der Waals surface area contributed by atoms with Gasteiger partial charge in [0, 0.05) is 38.1 Å². The monoisotopic (exact) mass is 323 g/mol. The number of hydrogen-bond donors (Lipinski definition) is 0. The minimum Gasteiger partial charge on any atom is -0.344 e. The molecule has 2 heterocycles. The SMILES string of the molecule is CN(CCc1ccncc1)C(=O)C1CCC(=O)N1c1ccccc1. The molecule has 1 aromatic carbocycles. The first kappa shape index (κ1) is 16.2. The lowest BCUT2D eigenvalue weighted by Gasteiger charge is -2.28. The summed E-state index contributed by atoms with van der Waals surface area (Å²) in [6, 6.07) is 12.9. The van der Waals surface area contributed by atoms with E-state index in [0.717, 1.165) is 17.7 Å². The summed E-state index contributed by atoms with van der Waals surface area (Å²) in [7, 11) is 1.80. The molecule has 1 fully saturated rings. The van der Waals surface area contributed by atoms with Crippen LogP contribution in [0.25, 0.3) is 0 Å². The van der Waals surface area contributed by atoms with Crippen molar-refractivity contribution in [2.24, 2.45) is 0 Å². The van der Waals surface area contributed by atoms with Crippen molar-refractivity contribution in [3.05, 3.63) is 60.4 Å². The van der Waals surface area contributed by atoms with E-state index in [1.165, 1.54) is 0 Å². The maximum absolute atomic E-state index is 12.8. The number of likely N-dealkylation sites (N-methyl/N-ethyl adjacent to an activating group) is 1. The zero-order valence-electron chi connectivity index (χ0n) is 13.8. The molecule has 0 N–H and O–H groups in total. The standard InChI is InChI=1S/C19H21N3O2/c1-21(14-11-15-9-12-20-13-10-15)19(24)17-7-8-18(23)22(17)16-5-3-2-4-6-16/h2-6,9-10,12-13,17H,7-8,11,14H2,1H3. The van der Waals surface area contributed by atoms with Crippen LogP contribution in [0.4, 0.5) is 5.69 Å². The van der Waals surface area contributed by atoms with Gasteiger partial charge in [-0.3, -0.25) is 19.5 Å². The number of benzene rings is 1. The van der Waals surface area contributed by atoms with Gasteiger partial charge in [-0.15, -0.1) is 0 Å². The molecule has 1 saturated heterocycles. The molecule has 1 atom stereocenters. The van der Waals surface area contributed by atoms with Gasteiger partial charge >= 0.3 is 0 Å². The van der Waals surface area contributed by atoms with Crippen molar-refractivity contribution in [1.82, 2.24) is 9.88 Å². The topological polar surface area (TPSA) is 53.5 Å². The van der Waals surface area contributed by atoms with Gasteiger partial charge in [-0.2, -0.15) is 0 Å². The Bertz CT molecular complexity index is 703. The summed E-state index contributed by atoms with van der Waals surface area (Å²) in [6.45, 7) is 0.621. The molecule has 1 aliphatic heterocycles. The van der Waals surface area contributed by atoms with E-state index in [1.54, 1.807) is 29.2 Å². The average molecular weight is 323 g/mol. The lowest BCUT2D eigenvalue weighted by molar-refractivity contribution is -0.131. The molecule has 124 valence electrons. The summed E-state index contributed by atoms with van der Waals surface area (Å²) >= 11 is 0. The zero-order valence-corrected chi connectivity index (χ0v) is 13.8. The van der Waals surface area contributed by atoms with Gasteiger partial charge in [-0.1, -0.05) is 18.2 Å². The molecule has 1 aromatic heterocycles. The molecule has 0 saturated carbocycles. The van der Waals surface area contributed by atoms with Gasteiger partial charge in [-0.05, 0) is 42.7 Å². The number of anilines is 1. The molecule has 2 amide bonds. The third-order valence-corrected chi connectivity index (χ3v) is 4.39. The fraction of sp³-hybridized carbons (Fsp3) is 0.316. The Kier molecular flexibility index (Phi) is 4.89. The van der Waals surface area contributed by atoms with E-state index in [0.29, 0.717) is 19.4 Å². The van der Waals surface area contributed by atoms with Crippen molar-refractivity contribution in [2.45, 2.75) is 25.3 Å². The smallest absolute Gasteiger partial charge is 0.245 e. The Morgan fingerprint density at radius 1 is 1.21 bits per heavy atom. The number of para-hydroxylation sites is 1. The highest BCUT2D eigenvalue weighted by Gasteiger charge is 2.38. The van der Waals surface area contributed by atoms with E-state index in [4.69, 9.17) is 0 Å². The van der Waals surface area contributed by atoms with Gasteiger partial charge in [0.05, 0.1) is 0 Å². The summed E-state index contributed by atoms with van der Waals surface area (Å²) in [5, 5.41) is 0. The van der Waals surface area contributed by atoms with Crippen molar-refractivity contribution in [3.8, 4) is 0 Å². The van der Waals surface area contributed by atoms with Gasteiger partial charge < -0.3 is 4.90 Å². The summed E-state index contributed by atoms with van der Waals surface area (Å²) in [4.78, 5) is 32.4. The van der Waals surface area contributed by atoms with Crippen LogP contribution in [0.1, 0.15) is 18.4 Å². The highest BCUT2D eigenvalue weighted by atomic mass is 16.2. The maximum Gasteiger partial charge on any atom is 0.245 e. The van der Waals surface area contributed by atoms with Gasteiger partial charge in [0.15, 0.2) is 0 Å². The predicted octanol–water partition coefficient (Wildman–Crippen LogP) is 2.28. The molecule has 0 spiro atoms. The van der Waals surface area contributed by atoms with Crippen LogP contribution in [-0.4, -0.2) is 41.3 Å². The Labute approximate surface area is 141 Å². The lowest BCUT2D eigenvalue weighted by atomic mass is 10.1. The minimum absolute atomic E-state index is 0.00115. The van der Waals surface area contributed by atoms with Gasteiger partial charge in [0.1, 0.15) is 6.04 Å².